The van der Waals surface area contributed by atoms with E-state index in [9.17, 15) is 0 Å². The number of nitrogens with one attached hydrogen (secondary N) is 1. The second-order valence-electron chi connectivity index (χ2n) is 13.1. The molecule has 3 aromatic heterocycles. The molecule has 0 saturated heterocycles. The van der Waals surface area contributed by atoms with Gasteiger partial charge in [0.05, 0.1) is 16.9 Å². The molecule has 1 saturated carbocycles. The molecule has 8 nitrogen and oxygen atoms in total. The van der Waals surface area contributed by atoms with Crippen LogP contribution < -0.4 is 0 Å². The Balaban J connectivity index is 1.19. The molecule has 1 aliphatic carbocycles. The van der Waals surface area contributed by atoms with Gasteiger partial charge in [0, 0.05) is 18.0 Å². The molecule has 244 valence electrons. The van der Waals surface area contributed by atoms with Crippen molar-refractivity contribution in [3.8, 4) is 22.5 Å². The Bertz CT molecular complexity index is 2110. The molecular formula is C41H40N8. The second-order valence-corrected chi connectivity index (χ2v) is 13.1. The molecule has 0 spiro atoms. The lowest BCUT2D eigenvalue weighted by Crippen LogP contribution is -2.14. The lowest BCUT2D eigenvalue weighted by Gasteiger charge is -2.22. The first-order chi connectivity index (χ1) is 24.3. The summed E-state index contributed by atoms with van der Waals surface area (Å²) in [6.07, 6.45) is 9.59. The Morgan fingerprint density at radius 1 is 0.592 bits per heavy atom. The normalized spacial score (nSPS) is 13.6. The van der Waals surface area contributed by atoms with Gasteiger partial charge in [0.2, 0.25) is 5.82 Å². The Kier molecular flexibility index (Phi) is 9.00. The van der Waals surface area contributed by atoms with Crippen LogP contribution in [0.2, 0.25) is 0 Å². The predicted molar refractivity (Wildman–Crippen MR) is 193 cm³/mol. The maximum Gasteiger partial charge on any atom is 0.205 e. The summed E-state index contributed by atoms with van der Waals surface area (Å²) in [6.45, 7) is 0.733. The molecule has 8 rings (SSSR count). The van der Waals surface area contributed by atoms with Gasteiger partial charge < -0.3 is 4.57 Å². The highest BCUT2D eigenvalue weighted by molar-refractivity contribution is 5.82. The first kappa shape index (κ1) is 30.8. The van der Waals surface area contributed by atoms with Crippen molar-refractivity contribution in [1.82, 2.24) is 40.4 Å². The van der Waals surface area contributed by atoms with E-state index >= 15 is 0 Å². The summed E-state index contributed by atoms with van der Waals surface area (Å²) in [5, 5.41) is 24.7. The number of rotatable bonds is 11. The number of aromatic amines is 1. The van der Waals surface area contributed by atoms with E-state index in [4.69, 9.17) is 15.2 Å². The molecule has 1 aliphatic rings. The zero-order chi connectivity index (χ0) is 32.8. The SMILES string of the molecule is c1ccc(CCc2nnc(CCc3ccccc3)c3c2nc(C2CCCCC2)n3Cc2ccc(-c3ccccc3-c3nn[nH]n3)cc2)cc1. The molecule has 0 atom stereocenters. The molecule has 0 radical (unpaired) electrons. The van der Waals surface area contributed by atoms with Crippen LogP contribution in [0, 0.1) is 0 Å². The third-order valence-electron chi connectivity index (χ3n) is 9.91. The molecule has 49 heavy (non-hydrogen) atoms. The van der Waals surface area contributed by atoms with Gasteiger partial charge in [0.15, 0.2) is 0 Å². The summed E-state index contributed by atoms with van der Waals surface area (Å²) in [5.41, 5.74) is 11.2. The summed E-state index contributed by atoms with van der Waals surface area (Å²) in [5.74, 6) is 2.22. The number of fused-ring (bicyclic) bond motifs is 1. The van der Waals surface area contributed by atoms with Gasteiger partial charge in [-0.3, -0.25) is 0 Å². The number of nitrogens with zero attached hydrogens (tertiary/aromatic N) is 7. The van der Waals surface area contributed by atoms with Gasteiger partial charge in [-0.2, -0.15) is 15.4 Å². The number of hydrogen-bond donors (Lipinski definition) is 1. The van der Waals surface area contributed by atoms with E-state index in [-0.39, 0.29) is 0 Å². The quantitative estimate of drug-likeness (QED) is 0.152. The minimum Gasteiger partial charge on any atom is -0.322 e. The van der Waals surface area contributed by atoms with Gasteiger partial charge in [-0.15, -0.1) is 10.2 Å². The molecule has 7 aromatic rings. The van der Waals surface area contributed by atoms with Crippen molar-refractivity contribution >= 4 is 11.0 Å². The highest BCUT2D eigenvalue weighted by Crippen LogP contribution is 2.36. The lowest BCUT2D eigenvalue weighted by atomic mass is 9.88. The van der Waals surface area contributed by atoms with Gasteiger partial charge in [-0.05, 0) is 71.6 Å². The molecule has 0 aliphatic heterocycles. The Morgan fingerprint density at radius 3 is 1.90 bits per heavy atom. The Labute approximate surface area is 286 Å². The van der Waals surface area contributed by atoms with Gasteiger partial charge in [-0.25, -0.2) is 4.98 Å². The first-order valence-corrected chi connectivity index (χ1v) is 17.5. The van der Waals surface area contributed by atoms with Crippen LogP contribution in [0.15, 0.2) is 109 Å². The van der Waals surface area contributed by atoms with Crippen molar-refractivity contribution in [2.24, 2.45) is 0 Å². The number of benzene rings is 4. The fraction of sp³-hybridized carbons (Fsp3) is 0.268. The number of imidazole rings is 1. The summed E-state index contributed by atoms with van der Waals surface area (Å²) in [6, 6.07) is 38.4. The van der Waals surface area contributed by atoms with E-state index in [1.807, 2.05) is 18.2 Å². The van der Waals surface area contributed by atoms with Crippen LogP contribution in [0.4, 0.5) is 0 Å². The Morgan fingerprint density at radius 2 is 1.22 bits per heavy atom. The fourth-order valence-electron chi connectivity index (χ4n) is 7.34. The zero-order valence-corrected chi connectivity index (χ0v) is 27.7. The van der Waals surface area contributed by atoms with Crippen molar-refractivity contribution in [3.63, 3.8) is 0 Å². The summed E-state index contributed by atoms with van der Waals surface area (Å²) in [7, 11) is 0. The maximum atomic E-state index is 5.50. The fourth-order valence-corrected chi connectivity index (χ4v) is 7.34. The van der Waals surface area contributed by atoms with Crippen LogP contribution in [-0.2, 0) is 32.2 Å². The molecule has 3 heterocycles. The largest absolute Gasteiger partial charge is 0.322 e. The zero-order valence-electron chi connectivity index (χ0n) is 27.7. The number of H-pyrrole nitrogens is 1. The van der Waals surface area contributed by atoms with Crippen molar-refractivity contribution in [3.05, 3.63) is 143 Å². The molecule has 1 N–H and O–H groups in total. The van der Waals surface area contributed by atoms with Gasteiger partial charge in [0.25, 0.3) is 0 Å². The number of aromatic nitrogens is 8. The minimum atomic E-state index is 0.436. The molecule has 0 bridgehead atoms. The van der Waals surface area contributed by atoms with Crippen molar-refractivity contribution in [1.29, 1.82) is 0 Å². The van der Waals surface area contributed by atoms with Crippen LogP contribution in [0.3, 0.4) is 0 Å². The molecule has 1 fully saturated rings. The Hall–Kier alpha value is -5.50. The maximum absolute atomic E-state index is 5.50. The molecule has 4 aromatic carbocycles. The number of hydrogen-bond acceptors (Lipinski definition) is 6. The minimum absolute atomic E-state index is 0.436. The highest BCUT2D eigenvalue weighted by Gasteiger charge is 2.26. The molecule has 0 unspecified atom stereocenters. The first-order valence-electron chi connectivity index (χ1n) is 17.5. The average molecular weight is 645 g/mol. The van der Waals surface area contributed by atoms with E-state index in [0.29, 0.717) is 11.7 Å². The van der Waals surface area contributed by atoms with Crippen LogP contribution in [0.5, 0.6) is 0 Å². The van der Waals surface area contributed by atoms with Gasteiger partial charge in [-0.1, -0.05) is 128 Å². The third kappa shape index (κ3) is 6.77. The monoisotopic (exact) mass is 644 g/mol. The van der Waals surface area contributed by atoms with Gasteiger partial charge in [0.1, 0.15) is 11.3 Å². The van der Waals surface area contributed by atoms with E-state index in [1.165, 1.54) is 54.6 Å². The van der Waals surface area contributed by atoms with E-state index in [1.54, 1.807) is 0 Å². The topological polar surface area (TPSA) is 98.1 Å². The van der Waals surface area contributed by atoms with Crippen LogP contribution in [0.25, 0.3) is 33.5 Å². The highest BCUT2D eigenvalue weighted by atomic mass is 15.5. The van der Waals surface area contributed by atoms with Gasteiger partial charge >= 0.3 is 0 Å². The molecular weight excluding hydrogens is 605 g/mol. The van der Waals surface area contributed by atoms with Crippen molar-refractivity contribution in [2.45, 2.75) is 70.3 Å². The summed E-state index contributed by atoms with van der Waals surface area (Å²) >= 11 is 0. The van der Waals surface area contributed by atoms with Crippen LogP contribution >= 0.6 is 0 Å². The summed E-state index contributed by atoms with van der Waals surface area (Å²) < 4.78 is 2.49. The number of tetrazole rings is 1. The van der Waals surface area contributed by atoms with E-state index in [0.717, 1.165) is 71.3 Å². The van der Waals surface area contributed by atoms with Crippen LogP contribution in [-0.4, -0.2) is 40.4 Å². The standard InChI is InChI=1S/C41H40N8/c1-4-12-29(13-5-1)22-26-36-38-39(37(44-43-36)27-23-30-14-6-2-7-15-30)49(41(42-38)33-16-8-3-9-17-33)28-31-20-24-32(25-21-31)34-18-10-11-19-35(34)40-45-47-48-46-40/h1-2,4-7,10-15,18-21,24-25,33H,3,8-9,16-17,22-23,26-28H2,(H,45,46,47,48). The average Bonchev–Trinajstić information content (AvgIpc) is 3.85. The van der Waals surface area contributed by atoms with E-state index < -0.39 is 0 Å². The summed E-state index contributed by atoms with van der Waals surface area (Å²) in [4.78, 5) is 5.50. The van der Waals surface area contributed by atoms with Crippen molar-refractivity contribution < 1.29 is 0 Å². The van der Waals surface area contributed by atoms with Crippen molar-refractivity contribution in [2.75, 3.05) is 0 Å². The lowest BCUT2D eigenvalue weighted by molar-refractivity contribution is 0.420. The third-order valence-corrected chi connectivity index (χ3v) is 9.91. The van der Waals surface area contributed by atoms with Crippen LogP contribution in [0.1, 0.15) is 71.9 Å². The van der Waals surface area contributed by atoms with E-state index in [2.05, 4.69) is 116 Å². The predicted octanol–water partition coefficient (Wildman–Crippen LogP) is 8.34. The second kappa shape index (κ2) is 14.3. The molecule has 0 amide bonds. The number of aryl methyl sites for hydroxylation is 4. The smallest absolute Gasteiger partial charge is 0.205 e. The molecule has 8 heteroatoms.